The zero-order valence-corrected chi connectivity index (χ0v) is 11.5. The lowest BCUT2D eigenvalue weighted by Crippen LogP contribution is -2.51. The van der Waals surface area contributed by atoms with E-state index in [0.29, 0.717) is 0 Å². The quantitative estimate of drug-likeness (QED) is 0.479. The minimum absolute atomic E-state index is 0.259. The summed E-state index contributed by atoms with van der Waals surface area (Å²) >= 11 is 5.00. The second kappa shape index (κ2) is 7.32. The van der Waals surface area contributed by atoms with Crippen molar-refractivity contribution in [3.05, 3.63) is 30.3 Å². The zero-order valence-electron chi connectivity index (χ0n) is 10.7. The molecule has 0 aromatic heterocycles. The minimum atomic E-state index is -0.635. The van der Waals surface area contributed by atoms with Gasteiger partial charge in [0.2, 0.25) is 5.91 Å². The van der Waals surface area contributed by atoms with Crippen LogP contribution >= 0.6 is 12.2 Å². The molecule has 0 spiro atoms. The molecule has 4 N–H and O–H groups in total. The average Bonchev–Trinajstić information content (AvgIpc) is 2.36. The SMILES string of the molecule is CC(=O)N[C@@H](C)C(=O)NNC(=S)Nc1ccccc1. The number of amides is 2. The van der Waals surface area contributed by atoms with Gasteiger partial charge in [0.05, 0.1) is 0 Å². The smallest absolute Gasteiger partial charge is 0.260 e. The highest BCUT2D eigenvalue weighted by atomic mass is 32.1. The summed E-state index contributed by atoms with van der Waals surface area (Å²) in [7, 11) is 0. The number of hydrazine groups is 1. The highest BCUT2D eigenvalue weighted by Crippen LogP contribution is 2.03. The van der Waals surface area contributed by atoms with Crippen molar-refractivity contribution in [3.8, 4) is 0 Å². The van der Waals surface area contributed by atoms with Gasteiger partial charge in [-0.05, 0) is 31.3 Å². The number of nitrogens with one attached hydrogen (secondary N) is 4. The van der Waals surface area contributed by atoms with Crippen LogP contribution in [0.4, 0.5) is 5.69 Å². The molecule has 0 bridgehead atoms. The lowest BCUT2D eigenvalue weighted by Gasteiger charge is -2.15. The topological polar surface area (TPSA) is 82.3 Å². The Morgan fingerprint density at radius 2 is 1.79 bits per heavy atom. The number of rotatable bonds is 3. The molecule has 0 unspecified atom stereocenters. The average molecular weight is 280 g/mol. The number of benzene rings is 1. The van der Waals surface area contributed by atoms with E-state index in [9.17, 15) is 9.59 Å². The first-order chi connectivity index (χ1) is 8.99. The number of carbonyl (C=O) groups excluding carboxylic acids is 2. The number of hydrogen-bond donors (Lipinski definition) is 4. The van der Waals surface area contributed by atoms with Gasteiger partial charge >= 0.3 is 0 Å². The highest BCUT2D eigenvalue weighted by Gasteiger charge is 2.13. The lowest BCUT2D eigenvalue weighted by molar-refractivity contribution is -0.128. The largest absolute Gasteiger partial charge is 0.345 e. The molecule has 1 aromatic carbocycles. The molecule has 7 heteroatoms. The van der Waals surface area contributed by atoms with E-state index >= 15 is 0 Å². The summed E-state index contributed by atoms with van der Waals surface area (Å²) in [5.74, 6) is -0.653. The Morgan fingerprint density at radius 1 is 1.16 bits per heavy atom. The molecule has 0 fully saturated rings. The first-order valence-electron chi connectivity index (χ1n) is 5.68. The van der Waals surface area contributed by atoms with Crippen LogP contribution in [0.2, 0.25) is 0 Å². The fourth-order valence-electron chi connectivity index (χ4n) is 1.28. The van der Waals surface area contributed by atoms with Crippen LogP contribution in [-0.4, -0.2) is 23.0 Å². The van der Waals surface area contributed by atoms with E-state index < -0.39 is 6.04 Å². The van der Waals surface area contributed by atoms with Gasteiger partial charge in [-0.15, -0.1) is 0 Å². The van der Waals surface area contributed by atoms with Crippen LogP contribution in [0.3, 0.4) is 0 Å². The maximum Gasteiger partial charge on any atom is 0.260 e. The molecule has 0 aliphatic heterocycles. The van der Waals surface area contributed by atoms with Gasteiger partial charge < -0.3 is 10.6 Å². The van der Waals surface area contributed by atoms with Gasteiger partial charge in [0, 0.05) is 12.6 Å². The first kappa shape index (κ1) is 14.9. The molecule has 0 heterocycles. The molecular weight excluding hydrogens is 264 g/mol. The molecule has 0 saturated heterocycles. The molecule has 0 aliphatic carbocycles. The Bertz CT molecular complexity index is 464. The molecule has 1 atom stereocenters. The van der Waals surface area contributed by atoms with Crippen molar-refractivity contribution in [2.24, 2.45) is 0 Å². The second-order valence-corrected chi connectivity index (χ2v) is 4.26. The summed E-state index contributed by atoms with van der Waals surface area (Å²) in [6.45, 7) is 2.92. The van der Waals surface area contributed by atoms with Crippen LogP contribution in [0.25, 0.3) is 0 Å². The van der Waals surface area contributed by atoms with E-state index in [-0.39, 0.29) is 16.9 Å². The van der Waals surface area contributed by atoms with E-state index in [0.717, 1.165) is 5.69 Å². The van der Waals surface area contributed by atoms with Gasteiger partial charge in [-0.2, -0.15) is 0 Å². The molecule has 0 radical (unpaired) electrons. The maximum atomic E-state index is 11.6. The molecule has 0 aliphatic rings. The molecule has 19 heavy (non-hydrogen) atoms. The molecule has 102 valence electrons. The third-order valence-electron chi connectivity index (χ3n) is 2.14. The van der Waals surface area contributed by atoms with Crippen molar-refractivity contribution >= 4 is 34.8 Å². The highest BCUT2D eigenvalue weighted by molar-refractivity contribution is 7.80. The van der Waals surface area contributed by atoms with Crippen LogP contribution in [0.1, 0.15) is 13.8 Å². The van der Waals surface area contributed by atoms with Gasteiger partial charge in [0.25, 0.3) is 5.91 Å². The van der Waals surface area contributed by atoms with Crippen molar-refractivity contribution in [2.45, 2.75) is 19.9 Å². The van der Waals surface area contributed by atoms with Crippen molar-refractivity contribution in [3.63, 3.8) is 0 Å². The Kier molecular flexibility index (Phi) is 5.74. The summed E-state index contributed by atoms with van der Waals surface area (Å²) in [6, 6.07) is 8.67. The number of carbonyl (C=O) groups is 2. The predicted octanol–water partition coefficient (Wildman–Crippen LogP) is 0.529. The Morgan fingerprint density at radius 3 is 2.37 bits per heavy atom. The second-order valence-electron chi connectivity index (χ2n) is 3.86. The van der Waals surface area contributed by atoms with E-state index in [4.69, 9.17) is 12.2 Å². The fourth-order valence-corrected chi connectivity index (χ4v) is 1.45. The summed E-state index contributed by atoms with van der Waals surface area (Å²) in [4.78, 5) is 22.3. The standard InChI is InChI=1S/C12H16N4O2S/c1-8(13-9(2)17)11(18)15-16-12(19)14-10-6-4-3-5-7-10/h3-8H,1-2H3,(H,13,17)(H,15,18)(H2,14,16,19)/t8-/m0/s1. The van der Waals surface area contributed by atoms with Gasteiger partial charge in [-0.3, -0.25) is 20.4 Å². The molecule has 1 rings (SSSR count). The van der Waals surface area contributed by atoms with Crippen molar-refractivity contribution in [2.75, 3.05) is 5.32 Å². The van der Waals surface area contributed by atoms with E-state index in [1.807, 2.05) is 30.3 Å². The number of thiocarbonyl (C=S) groups is 1. The Balaban J connectivity index is 2.34. The van der Waals surface area contributed by atoms with E-state index in [1.54, 1.807) is 6.92 Å². The monoisotopic (exact) mass is 280 g/mol. The van der Waals surface area contributed by atoms with Crippen LogP contribution in [0, 0.1) is 0 Å². The van der Waals surface area contributed by atoms with Crippen LogP contribution in [-0.2, 0) is 9.59 Å². The van der Waals surface area contributed by atoms with E-state index in [1.165, 1.54) is 6.92 Å². The van der Waals surface area contributed by atoms with Crippen molar-refractivity contribution in [1.29, 1.82) is 0 Å². The van der Waals surface area contributed by atoms with Crippen molar-refractivity contribution in [1.82, 2.24) is 16.2 Å². The molecule has 0 saturated carbocycles. The van der Waals surface area contributed by atoms with Crippen LogP contribution in [0.5, 0.6) is 0 Å². The lowest BCUT2D eigenvalue weighted by atomic mass is 10.3. The van der Waals surface area contributed by atoms with Crippen LogP contribution in [0.15, 0.2) is 30.3 Å². The fraction of sp³-hybridized carbons (Fsp3) is 0.250. The predicted molar refractivity (Wildman–Crippen MR) is 77.2 cm³/mol. The van der Waals surface area contributed by atoms with Gasteiger partial charge in [-0.25, -0.2) is 0 Å². The number of para-hydroxylation sites is 1. The summed E-state index contributed by atoms with van der Waals surface area (Å²) in [5, 5.41) is 5.62. The molecule has 2 amide bonds. The minimum Gasteiger partial charge on any atom is -0.345 e. The Labute approximate surface area is 116 Å². The molecule has 6 nitrogen and oxygen atoms in total. The number of anilines is 1. The molecular formula is C12H16N4O2S. The Hall–Kier alpha value is -2.15. The number of hydrogen-bond acceptors (Lipinski definition) is 3. The third kappa shape index (κ3) is 5.82. The van der Waals surface area contributed by atoms with Gasteiger partial charge in [0.15, 0.2) is 5.11 Å². The summed E-state index contributed by atoms with van der Waals surface area (Å²) < 4.78 is 0. The normalized spacial score (nSPS) is 11.1. The summed E-state index contributed by atoms with van der Waals surface area (Å²) in [5.41, 5.74) is 5.76. The van der Waals surface area contributed by atoms with Gasteiger partial charge in [0.1, 0.15) is 6.04 Å². The van der Waals surface area contributed by atoms with E-state index in [2.05, 4.69) is 21.5 Å². The molecule has 1 aromatic rings. The third-order valence-corrected chi connectivity index (χ3v) is 2.35. The van der Waals surface area contributed by atoms with Crippen molar-refractivity contribution < 1.29 is 9.59 Å². The maximum absolute atomic E-state index is 11.6. The van der Waals surface area contributed by atoms with Gasteiger partial charge in [-0.1, -0.05) is 18.2 Å². The first-order valence-corrected chi connectivity index (χ1v) is 6.09. The zero-order chi connectivity index (χ0) is 14.3. The summed E-state index contributed by atoms with van der Waals surface area (Å²) in [6.07, 6.45) is 0. The van der Waals surface area contributed by atoms with Crippen LogP contribution < -0.4 is 21.5 Å².